The van der Waals surface area contributed by atoms with Crippen molar-refractivity contribution in [2.45, 2.75) is 31.1 Å². The second-order valence-electron chi connectivity index (χ2n) is 6.00. The molecule has 2 rings (SSSR count). The van der Waals surface area contributed by atoms with E-state index in [0.29, 0.717) is 11.8 Å². The topological polar surface area (TPSA) is 60.4 Å². The van der Waals surface area contributed by atoms with E-state index in [9.17, 15) is 13.2 Å². The Morgan fingerprint density at radius 2 is 1.45 bits per heavy atom. The average molecular weight is 318 g/mol. The van der Waals surface area contributed by atoms with Crippen LogP contribution < -0.4 is 4.18 Å². The highest BCUT2D eigenvalue weighted by molar-refractivity contribution is 7.87. The summed E-state index contributed by atoms with van der Waals surface area (Å²) in [7, 11) is -3.88. The summed E-state index contributed by atoms with van der Waals surface area (Å²) in [5.74, 6) is 0.172. The Morgan fingerprint density at radius 3 is 1.91 bits per heavy atom. The van der Waals surface area contributed by atoms with Gasteiger partial charge in [-0.3, -0.25) is 4.79 Å². The van der Waals surface area contributed by atoms with Crippen molar-refractivity contribution >= 4 is 16.4 Å². The summed E-state index contributed by atoms with van der Waals surface area (Å²) in [4.78, 5) is 10.7. The molecule has 0 N–H and O–H groups in total. The zero-order valence-corrected chi connectivity index (χ0v) is 13.6. The Kier molecular flexibility index (Phi) is 4.37. The lowest BCUT2D eigenvalue weighted by Crippen LogP contribution is -2.13. The standard InChI is InChI=1S/C17H18O4S/c1-17(2,3)14-6-10-16(11-7-14)22(19,20)21-15-8-4-13(12-18)5-9-15/h4-12H,1-3H3. The van der Waals surface area contributed by atoms with Crippen LogP contribution in [0.1, 0.15) is 36.7 Å². The van der Waals surface area contributed by atoms with Crippen molar-refractivity contribution in [3.63, 3.8) is 0 Å². The zero-order chi connectivity index (χ0) is 16.4. The van der Waals surface area contributed by atoms with Gasteiger partial charge < -0.3 is 4.18 Å². The van der Waals surface area contributed by atoms with Gasteiger partial charge >= 0.3 is 10.1 Å². The van der Waals surface area contributed by atoms with E-state index in [0.717, 1.165) is 5.56 Å². The number of benzene rings is 2. The second-order valence-corrected chi connectivity index (χ2v) is 7.55. The van der Waals surface area contributed by atoms with E-state index in [4.69, 9.17) is 4.18 Å². The van der Waals surface area contributed by atoms with Crippen LogP contribution in [0, 0.1) is 0 Å². The van der Waals surface area contributed by atoms with Crippen molar-refractivity contribution in [3.8, 4) is 5.75 Å². The molecule has 0 aromatic heterocycles. The van der Waals surface area contributed by atoms with Crippen molar-refractivity contribution in [3.05, 3.63) is 59.7 Å². The number of rotatable bonds is 4. The summed E-state index contributed by atoms with van der Waals surface area (Å²) >= 11 is 0. The normalized spacial score (nSPS) is 12.0. The van der Waals surface area contributed by atoms with E-state index < -0.39 is 10.1 Å². The maximum Gasteiger partial charge on any atom is 0.339 e. The van der Waals surface area contributed by atoms with Crippen LogP contribution in [0.4, 0.5) is 0 Å². The van der Waals surface area contributed by atoms with Crippen LogP contribution in [0.5, 0.6) is 5.75 Å². The molecule has 0 bridgehead atoms. The Bertz CT molecular complexity index is 752. The molecular weight excluding hydrogens is 300 g/mol. The second kappa shape index (κ2) is 5.93. The van der Waals surface area contributed by atoms with Gasteiger partial charge in [-0.2, -0.15) is 8.42 Å². The maximum absolute atomic E-state index is 12.2. The minimum absolute atomic E-state index is 0.0478. The lowest BCUT2D eigenvalue weighted by Gasteiger charge is -2.19. The molecule has 5 heteroatoms. The first-order valence-electron chi connectivity index (χ1n) is 6.83. The highest BCUT2D eigenvalue weighted by Gasteiger charge is 2.19. The smallest absolute Gasteiger partial charge is 0.339 e. The van der Waals surface area contributed by atoms with Crippen molar-refractivity contribution in [1.82, 2.24) is 0 Å². The van der Waals surface area contributed by atoms with E-state index in [-0.39, 0.29) is 16.1 Å². The van der Waals surface area contributed by atoms with Crippen LogP contribution in [-0.2, 0) is 15.5 Å². The molecule has 4 nitrogen and oxygen atoms in total. The summed E-state index contributed by atoms with van der Waals surface area (Å²) in [6.45, 7) is 6.17. The van der Waals surface area contributed by atoms with Crippen molar-refractivity contribution in [1.29, 1.82) is 0 Å². The molecule has 0 atom stereocenters. The minimum atomic E-state index is -3.88. The molecule has 0 fully saturated rings. The van der Waals surface area contributed by atoms with Gasteiger partial charge in [-0.1, -0.05) is 32.9 Å². The van der Waals surface area contributed by atoms with Gasteiger partial charge in [0.25, 0.3) is 0 Å². The van der Waals surface area contributed by atoms with Gasteiger partial charge in [0, 0.05) is 5.56 Å². The van der Waals surface area contributed by atoms with E-state index in [1.807, 2.05) is 0 Å². The number of hydrogen-bond donors (Lipinski definition) is 0. The quantitative estimate of drug-likeness (QED) is 0.639. The van der Waals surface area contributed by atoms with Crippen LogP contribution in [-0.4, -0.2) is 14.7 Å². The first-order chi connectivity index (χ1) is 10.2. The van der Waals surface area contributed by atoms with Gasteiger partial charge in [0.15, 0.2) is 0 Å². The lowest BCUT2D eigenvalue weighted by molar-refractivity contribution is 0.112. The van der Waals surface area contributed by atoms with Gasteiger partial charge in [0.1, 0.15) is 16.9 Å². The monoisotopic (exact) mass is 318 g/mol. The molecule has 0 heterocycles. The molecule has 0 aliphatic rings. The average Bonchev–Trinajstić information content (AvgIpc) is 2.47. The number of carbonyl (C=O) groups excluding carboxylic acids is 1. The van der Waals surface area contributed by atoms with E-state index in [2.05, 4.69) is 20.8 Å². The van der Waals surface area contributed by atoms with Gasteiger partial charge in [-0.15, -0.1) is 0 Å². The third kappa shape index (κ3) is 3.74. The number of aldehydes is 1. The van der Waals surface area contributed by atoms with Crippen LogP contribution in [0.3, 0.4) is 0 Å². The first kappa shape index (κ1) is 16.2. The van der Waals surface area contributed by atoms with Gasteiger partial charge in [-0.05, 0) is 47.4 Å². The highest BCUT2D eigenvalue weighted by atomic mass is 32.2. The Balaban J connectivity index is 2.24. The van der Waals surface area contributed by atoms with Crippen LogP contribution in [0.2, 0.25) is 0 Å². The third-order valence-corrected chi connectivity index (χ3v) is 4.49. The molecule has 0 saturated carbocycles. The highest BCUT2D eigenvalue weighted by Crippen LogP contribution is 2.25. The summed E-state index contributed by atoms with van der Waals surface area (Å²) in [5.41, 5.74) is 1.45. The first-order valence-corrected chi connectivity index (χ1v) is 8.23. The van der Waals surface area contributed by atoms with Crippen LogP contribution in [0.25, 0.3) is 0 Å². The molecule has 2 aromatic carbocycles. The third-order valence-electron chi connectivity index (χ3n) is 3.23. The molecule has 0 radical (unpaired) electrons. The molecule has 22 heavy (non-hydrogen) atoms. The molecule has 0 spiro atoms. The fraction of sp³-hybridized carbons (Fsp3) is 0.235. The van der Waals surface area contributed by atoms with Gasteiger partial charge in [0.05, 0.1) is 0 Å². The Morgan fingerprint density at radius 1 is 0.909 bits per heavy atom. The predicted octanol–water partition coefficient (Wildman–Crippen LogP) is 3.56. The Hall–Kier alpha value is -2.14. The van der Waals surface area contributed by atoms with Crippen molar-refractivity contribution in [2.75, 3.05) is 0 Å². The largest absolute Gasteiger partial charge is 0.379 e. The minimum Gasteiger partial charge on any atom is -0.379 e. The summed E-state index contributed by atoms with van der Waals surface area (Å²) < 4.78 is 29.5. The fourth-order valence-electron chi connectivity index (χ4n) is 1.90. The summed E-state index contributed by atoms with van der Waals surface area (Å²) in [6.07, 6.45) is 0.684. The van der Waals surface area contributed by atoms with E-state index >= 15 is 0 Å². The zero-order valence-electron chi connectivity index (χ0n) is 12.7. The summed E-state index contributed by atoms with van der Waals surface area (Å²) in [5, 5.41) is 0. The number of hydrogen-bond acceptors (Lipinski definition) is 4. The van der Waals surface area contributed by atoms with E-state index in [1.54, 1.807) is 12.1 Å². The molecule has 0 saturated heterocycles. The maximum atomic E-state index is 12.2. The SMILES string of the molecule is CC(C)(C)c1ccc(S(=O)(=O)Oc2ccc(C=O)cc2)cc1. The predicted molar refractivity (Wildman–Crippen MR) is 84.8 cm³/mol. The molecule has 2 aromatic rings. The van der Waals surface area contributed by atoms with Crippen molar-refractivity contribution < 1.29 is 17.4 Å². The van der Waals surface area contributed by atoms with Crippen molar-refractivity contribution in [2.24, 2.45) is 0 Å². The number of carbonyl (C=O) groups is 1. The molecule has 0 aliphatic heterocycles. The molecule has 0 unspecified atom stereocenters. The Labute approximate surface area is 130 Å². The summed E-state index contributed by atoms with van der Waals surface area (Å²) in [6, 6.07) is 12.5. The molecule has 0 aliphatic carbocycles. The molecular formula is C17H18O4S. The van der Waals surface area contributed by atoms with E-state index in [1.165, 1.54) is 36.4 Å². The fourth-order valence-corrected chi connectivity index (χ4v) is 2.83. The van der Waals surface area contributed by atoms with Crippen LogP contribution >= 0.6 is 0 Å². The lowest BCUT2D eigenvalue weighted by atomic mass is 9.87. The molecule has 0 amide bonds. The van der Waals surface area contributed by atoms with Crippen LogP contribution in [0.15, 0.2) is 53.4 Å². The van der Waals surface area contributed by atoms with Gasteiger partial charge in [-0.25, -0.2) is 0 Å². The van der Waals surface area contributed by atoms with Gasteiger partial charge in [0.2, 0.25) is 0 Å². The molecule has 116 valence electrons.